The Balaban J connectivity index is 1.53. The Morgan fingerprint density at radius 1 is 0.531 bits per heavy atom. The molecular formula is C30H39NO. The second-order valence-corrected chi connectivity index (χ2v) is 8.50. The minimum atomic E-state index is 0.769. The van der Waals surface area contributed by atoms with Gasteiger partial charge in [-0.15, -0.1) is 0 Å². The number of anilines is 3. The van der Waals surface area contributed by atoms with Gasteiger partial charge in [-0.25, -0.2) is 0 Å². The number of hydrogen-bond donors (Lipinski definition) is 0. The standard InChI is InChI=1S/C30H39NO/c1-2-3-4-5-6-7-8-9-10-19-26-32-30-25-18-17-24-29(30)31(27-20-13-11-14-21-27)28-22-15-12-16-23-28/h11-18,20-25H,2-10,19,26H2,1H3. The third-order valence-corrected chi connectivity index (χ3v) is 5.89. The van der Waals surface area contributed by atoms with Gasteiger partial charge in [0.1, 0.15) is 5.75 Å². The van der Waals surface area contributed by atoms with Crippen LogP contribution in [0, 0.1) is 0 Å². The maximum atomic E-state index is 6.29. The molecule has 0 N–H and O–H groups in total. The van der Waals surface area contributed by atoms with Crippen molar-refractivity contribution >= 4 is 17.1 Å². The van der Waals surface area contributed by atoms with Crippen LogP contribution in [0.5, 0.6) is 5.75 Å². The first kappa shape index (κ1) is 23.9. The third-order valence-electron chi connectivity index (χ3n) is 5.89. The molecule has 2 nitrogen and oxygen atoms in total. The summed E-state index contributed by atoms with van der Waals surface area (Å²) in [6.45, 7) is 3.05. The zero-order valence-corrected chi connectivity index (χ0v) is 19.7. The third kappa shape index (κ3) is 7.75. The van der Waals surface area contributed by atoms with Gasteiger partial charge in [-0.3, -0.25) is 0 Å². The van der Waals surface area contributed by atoms with Gasteiger partial charge in [-0.2, -0.15) is 0 Å². The van der Waals surface area contributed by atoms with E-state index in [1.165, 1.54) is 57.8 Å². The van der Waals surface area contributed by atoms with E-state index >= 15 is 0 Å². The highest BCUT2D eigenvalue weighted by molar-refractivity contribution is 5.79. The van der Waals surface area contributed by atoms with E-state index in [4.69, 9.17) is 4.74 Å². The van der Waals surface area contributed by atoms with Crippen LogP contribution in [0.4, 0.5) is 17.1 Å². The van der Waals surface area contributed by atoms with Crippen molar-refractivity contribution in [1.82, 2.24) is 0 Å². The molecule has 0 aliphatic carbocycles. The molecule has 3 rings (SSSR count). The largest absolute Gasteiger partial charge is 0.491 e. The molecule has 0 spiro atoms. The van der Waals surface area contributed by atoms with Crippen molar-refractivity contribution in [3.63, 3.8) is 0 Å². The average molecular weight is 430 g/mol. The first-order chi connectivity index (χ1) is 15.9. The summed E-state index contributed by atoms with van der Waals surface area (Å²) in [7, 11) is 0. The molecular weight excluding hydrogens is 390 g/mol. The van der Waals surface area contributed by atoms with E-state index in [1.807, 2.05) is 0 Å². The molecule has 0 unspecified atom stereocenters. The normalized spacial score (nSPS) is 10.8. The highest BCUT2D eigenvalue weighted by Crippen LogP contribution is 2.39. The van der Waals surface area contributed by atoms with Gasteiger partial charge in [0.25, 0.3) is 0 Å². The van der Waals surface area contributed by atoms with E-state index in [9.17, 15) is 0 Å². The summed E-state index contributed by atoms with van der Waals surface area (Å²) in [6, 6.07) is 29.4. The molecule has 0 radical (unpaired) electrons. The molecule has 2 heteroatoms. The molecule has 0 aliphatic heterocycles. The summed E-state index contributed by atoms with van der Waals surface area (Å²) < 4.78 is 6.29. The van der Waals surface area contributed by atoms with Gasteiger partial charge in [0.15, 0.2) is 0 Å². The number of benzene rings is 3. The van der Waals surface area contributed by atoms with Crippen LogP contribution in [0.3, 0.4) is 0 Å². The van der Waals surface area contributed by atoms with Crippen molar-refractivity contribution in [3.8, 4) is 5.75 Å². The number of rotatable bonds is 15. The van der Waals surface area contributed by atoms with Crippen LogP contribution in [-0.4, -0.2) is 6.61 Å². The maximum Gasteiger partial charge on any atom is 0.143 e. The SMILES string of the molecule is CCCCCCCCCCCCOc1ccccc1N(c1ccccc1)c1ccccc1. The van der Waals surface area contributed by atoms with Gasteiger partial charge in [-0.1, -0.05) is 113 Å². The monoisotopic (exact) mass is 429 g/mol. The predicted molar refractivity (Wildman–Crippen MR) is 138 cm³/mol. The number of hydrogen-bond acceptors (Lipinski definition) is 2. The van der Waals surface area contributed by atoms with Crippen LogP contribution in [0.2, 0.25) is 0 Å². The molecule has 0 bridgehead atoms. The predicted octanol–water partition coefficient (Wildman–Crippen LogP) is 9.46. The summed E-state index contributed by atoms with van der Waals surface area (Å²) in [5.74, 6) is 0.941. The lowest BCUT2D eigenvalue weighted by Crippen LogP contribution is -2.11. The lowest BCUT2D eigenvalue weighted by Gasteiger charge is -2.27. The van der Waals surface area contributed by atoms with Crippen LogP contribution >= 0.6 is 0 Å². The highest BCUT2D eigenvalue weighted by Gasteiger charge is 2.16. The fraction of sp³-hybridized carbons (Fsp3) is 0.400. The molecule has 0 aliphatic rings. The van der Waals surface area contributed by atoms with E-state index in [0.29, 0.717) is 0 Å². The zero-order valence-electron chi connectivity index (χ0n) is 19.7. The Labute approximate surface area is 195 Å². The van der Waals surface area contributed by atoms with E-state index in [2.05, 4.69) is 96.8 Å². The van der Waals surface area contributed by atoms with Gasteiger partial charge in [-0.05, 0) is 42.8 Å². The molecule has 0 saturated heterocycles. The fourth-order valence-electron chi connectivity index (χ4n) is 4.12. The first-order valence-corrected chi connectivity index (χ1v) is 12.5. The minimum Gasteiger partial charge on any atom is -0.491 e. The second kappa shape index (κ2) is 14.3. The van der Waals surface area contributed by atoms with Crippen LogP contribution < -0.4 is 9.64 Å². The number of nitrogens with zero attached hydrogens (tertiary/aromatic N) is 1. The lowest BCUT2D eigenvalue weighted by atomic mass is 10.1. The highest BCUT2D eigenvalue weighted by atomic mass is 16.5. The summed E-state index contributed by atoms with van der Waals surface area (Å²) in [5.41, 5.74) is 3.35. The fourth-order valence-corrected chi connectivity index (χ4v) is 4.12. The molecule has 0 fully saturated rings. The van der Waals surface area contributed by atoms with Crippen molar-refractivity contribution in [2.45, 2.75) is 71.1 Å². The van der Waals surface area contributed by atoms with Crippen molar-refractivity contribution in [2.24, 2.45) is 0 Å². The smallest absolute Gasteiger partial charge is 0.143 e. The van der Waals surface area contributed by atoms with Crippen LogP contribution in [-0.2, 0) is 0 Å². The zero-order chi connectivity index (χ0) is 22.3. The number of ether oxygens (including phenoxy) is 1. The molecule has 3 aromatic carbocycles. The summed E-state index contributed by atoms with van der Waals surface area (Å²) in [4.78, 5) is 2.27. The molecule has 0 aromatic heterocycles. The molecule has 0 amide bonds. The molecule has 0 atom stereocenters. The molecule has 3 aromatic rings. The van der Waals surface area contributed by atoms with Crippen molar-refractivity contribution in [2.75, 3.05) is 11.5 Å². The van der Waals surface area contributed by atoms with Crippen LogP contribution in [0.15, 0.2) is 84.9 Å². The van der Waals surface area contributed by atoms with Gasteiger partial charge in [0, 0.05) is 11.4 Å². The maximum absolute atomic E-state index is 6.29. The molecule has 0 heterocycles. The summed E-state index contributed by atoms with van der Waals surface area (Å²) >= 11 is 0. The topological polar surface area (TPSA) is 12.5 Å². The van der Waals surface area contributed by atoms with E-state index in [-0.39, 0.29) is 0 Å². The number of para-hydroxylation sites is 4. The minimum absolute atomic E-state index is 0.769. The Morgan fingerprint density at radius 3 is 1.56 bits per heavy atom. The second-order valence-electron chi connectivity index (χ2n) is 8.50. The Bertz CT molecular complexity index is 823. The average Bonchev–Trinajstić information content (AvgIpc) is 2.85. The van der Waals surface area contributed by atoms with Gasteiger partial charge in [0.05, 0.1) is 12.3 Å². The number of unbranched alkanes of at least 4 members (excludes halogenated alkanes) is 9. The van der Waals surface area contributed by atoms with E-state index in [1.54, 1.807) is 0 Å². The van der Waals surface area contributed by atoms with Gasteiger partial charge >= 0.3 is 0 Å². The summed E-state index contributed by atoms with van der Waals surface area (Å²) in [5, 5.41) is 0. The first-order valence-electron chi connectivity index (χ1n) is 12.5. The molecule has 0 saturated carbocycles. The van der Waals surface area contributed by atoms with Gasteiger partial charge in [0.2, 0.25) is 0 Å². The van der Waals surface area contributed by atoms with Crippen molar-refractivity contribution in [3.05, 3.63) is 84.9 Å². The quantitative estimate of drug-likeness (QED) is 0.223. The molecule has 170 valence electrons. The van der Waals surface area contributed by atoms with E-state index < -0.39 is 0 Å². The Kier molecular flexibility index (Phi) is 10.7. The van der Waals surface area contributed by atoms with Crippen molar-refractivity contribution in [1.29, 1.82) is 0 Å². The van der Waals surface area contributed by atoms with Crippen LogP contribution in [0.1, 0.15) is 71.1 Å². The summed E-state index contributed by atoms with van der Waals surface area (Å²) in [6.07, 6.45) is 13.4. The van der Waals surface area contributed by atoms with Crippen molar-refractivity contribution < 1.29 is 4.74 Å². The van der Waals surface area contributed by atoms with E-state index in [0.717, 1.165) is 35.8 Å². The van der Waals surface area contributed by atoms with Gasteiger partial charge < -0.3 is 9.64 Å². The van der Waals surface area contributed by atoms with Crippen LogP contribution in [0.25, 0.3) is 0 Å². The Morgan fingerprint density at radius 2 is 1.00 bits per heavy atom. The lowest BCUT2D eigenvalue weighted by molar-refractivity contribution is 0.305. The molecule has 32 heavy (non-hydrogen) atoms. The Hall–Kier alpha value is -2.74.